The van der Waals surface area contributed by atoms with Gasteiger partial charge in [0.25, 0.3) is 5.91 Å². The molecule has 1 amide bonds. The van der Waals surface area contributed by atoms with Gasteiger partial charge in [-0.2, -0.15) is 0 Å². The molecule has 1 aliphatic rings. The maximum Gasteiger partial charge on any atom is 0.272 e. The molecule has 0 aliphatic carbocycles. The number of ether oxygens (including phenoxy) is 1. The van der Waals surface area contributed by atoms with Crippen LogP contribution in [0.2, 0.25) is 0 Å². The maximum absolute atomic E-state index is 12.5. The number of fused-ring (bicyclic) bond motifs is 1. The van der Waals surface area contributed by atoms with Gasteiger partial charge in [0.1, 0.15) is 11.4 Å². The lowest BCUT2D eigenvalue weighted by Crippen LogP contribution is -2.40. The zero-order valence-corrected chi connectivity index (χ0v) is 12.1. The molecular formula is C14H17N5O2. The Balaban J connectivity index is 1.88. The topological polar surface area (TPSA) is 73.1 Å². The predicted molar refractivity (Wildman–Crippen MR) is 74.6 cm³/mol. The van der Waals surface area contributed by atoms with Crippen molar-refractivity contribution in [1.82, 2.24) is 24.9 Å². The molecule has 0 radical (unpaired) electrons. The van der Waals surface area contributed by atoms with Gasteiger partial charge in [-0.25, -0.2) is 0 Å². The standard InChI is InChI=1S/C14H17N5O2/c1-18-13-10(9-21-2)7-19(8-12(13)16-17-18)14(20)11-5-3-4-6-15-11/h3-6,10H,7-9H2,1-2H3. The van der Waals surface area contributed by atoms with Crippen LogP contribution in [0.3, 0.4) is 0 Å². The molecule has 1 unspecified atom stereocenters. The quantitative estimate of drug-likeness (QED) is 0.826. The molecule has 0 saturated heterocycles. The van der Waals surface area contributed by atoms with Gasteiger partial charge in [0.2, 0.25) is 0 Å². The first-order valence-electron chi connectivity index (χ1n) is 6.78. The number of amides is 1. The van der Waals surface area contributed by atoms with E-state index in [1.54, 1.807) is 35.0 Å². The molecule has 0 bridgehead atoms. The van der Waals surface area contributed by atoms with E-state index in [1.807, 2.05) is 13.1 Å². The van der Waals surface area contributed by atoms with E-state index in [2.05, 4.69) is 15.3 Å². The summed E-state index contributed by atoms with van der Waals surface area (Å²) in [6, 6.07) is 5.33. The highest BCUT2D eigenvalue weighted by Gasteiger charge is 2.32. The van der Waals surface area contributed by atoms with Gasteiger partial charge in [0.15, 0.2) is 0 Å². The summed E-state index contributed by atoms with van der Waals surface area (Å²) >= 11 is 0. The monoisotopic (exact) mass is 287 g/mol. The number of aryl methyl sites for hydroxylation is 1. The SMILES string of the molecule is COCC1CN(C(=O)c2ccccn2)Cc2nnn(C)c21. The minimum atomic E-state index is -0.0898. The molecule has 21 heavy (non-hydrogen) atoms. The van der Waals surface area contributed by atoms with Crippen molar-refractivity contribution in [2.45, 2.75) is 12.5 Å². The average Bonchev–Trinajstić information content (AvgIpc) is 2.89. The third-order valence-electron chi connectivity index (χ3n) is 3.65. The van der Waals surface area contributed by atoms with Gasteiger partial charge >= 0.3 is 0 Å². The molecule has 1 aliphatic heterocycles. The number of aromatic nitrogens is 4. The van der Waals surface area contributed by atoms with E-state index in [4.69, 9.17) is 4.74 Å². The van der Waals surface area contributed by atoms with Crippen molar-refractivity contribution in [3.05, 3.63) is 41.5 Å². The van der Waals surface area contributed by atoms with Crippen molar-refractivity contribution in [2.24, 2.45) is 7.05 Å². The minimum absolute atomic E-state index is 0.0754. The second kappa shape index (κ2) is 5.61. The normalized spacial score (nSPS) is 17.6. The van der Waals surface area contributed by atoms with E-state index in [9.17, 15) is 4.79 Å². The first kappa shape index (κ1) is 13.7. The fraction of sp³-hybridized carbons (Fsp3) is 0.429. The van der Waals surface area contributed by atoms with Gasteiger partial charge in [-0.15, -0.1) is 5.10 Å². The predicted octanol–water partition coefficient (Wildman–Crippen LogP) is 0.596. The Morgan fingerprint density at radius 1 is 1.48 bits per heavy atom. The van der Waals surface area contributed by atoms with Crippen LogP contribution >= 0.6 is 0 Å². The molecule has 3 heterocycles. The summed E-state index contributed by atoms with van der Waals surface area (Å²) in [5, 5.41) is 8.21. The summed E-state index contributed by atoms with van der Waals surface area (Å²) in [5.74, 6) is -0.0144. The molecule has 2 aromatic rings. The Labute approximate surface area is 122 Å². The molecule has 0 fully saturated rings. The third kappa shape index (κ3) is 2.52. The van der Waals surface area contributed by atoms with Gasteiger partial charge in [0, 0.05) is 32.8 Å². The second-order valence-electron chi connectivity index (χ2n) is 5.10. The van der Waals surface area contributed by atoms with Gasteiger partial charge in [0.05, 0.1) is 18.8 Å². The molecule has 7 heteroatoms. The van der Waals surface area contributed by atoms with Crippen LogP contribution in [0.4, 0.5) is 0 Å². The number of carbonyl (C=O) groups is 1. The highest BCUT2D eigenvalue weighted by atomic mass is 16.5. The van der Waals surface area contributed by atoms with Crippen LogP contribution in [-0.2, 0) is 18.3 Å². The van der Waals surface area contributed by atoms with Crippen molar-refractivity contribution < 1.29 is 9.53 Å². The number of hydrogen-bond donors (Lipinski definition) is 0. The number of rotatable bonds is 3. The molecule has 1 atom stereocenters. The lowest BCUT2D eigenvalue weighted by atomic mass is 9.98. The van der Waals surface area contributed by atoms with Gasteiger partial charge < -0.3 is 9.64 Å². The Bertz CT molecular complexity index is 640. The highest BCUT2D eigenvalue weighted by Crippen LogP contribution is 2.27. The fourth-order valence-electron chi connectivity index (χ4n) is 2.76. The van der Waals surface area contributed by atoms with Crippen molar-refractivity contribution >= 4 is 5.91 Å². The first-order chi connectivity index (χ1) is 10.2. The smallest absolute Gasteiger partial charge is 0.272 e. The van der Waals surface area contributed by atoms with Crippen LogP contribution in [-0.4, -0.2) is 51.0 Å². The van der Waals surface area contributed by atoms with Crippen LogP contribution < -0.4 is 0 Å². The van der Waals surface area contributed by atoms with Crippen LogP contribution in [0, 0.1) is 0 Å². The van der Waals surface area contributed by atoms with E-state index in [0.717, 1.165) is 11.4 Å². The lowest BCUT2D eigenvalue weighted by Gasteiger charge is -2.31. The van der Waals surface area contributed by atoms with Gasteiger partial charge in [-0.05, 0) is 12.1 Å². The summed E-state index contributed by atoms with van der Waals surface area (Å²) in [5.41, 5.74) is 2.32. The highest BCUT2D eigenvalue weighted by molar-refractivity contribution is 5.92. The van der Waals surface area contributed by atoms with E-state index < -0.39 is 0 Å². The third-order valence-corrected chi connectivity index (χ3v) is 3.65. The molecule has 7 nitrogen and oxygen atoms in total. The number of pyridine rings is 1. The zero-order valence-electron chi connectivity index (χ0n) is 12.1. The Morgan fingerprint density at radius 2 is 2.33 bits per heavy atom. The molecule has 2 aromatic heterocycles. The Kier molecular flexibility index (Phi) is 3.66. The van der Waals surface area contributed by atoms with Crippen LogP contribution in [0.15, 0.2) is 24.4 Å². The van der Waals surface area contributed by atoms with Crippen molar-refractivity contribution in [2.75, 3.05) is 20.3 Å². The van der Waals surface area contributed by atoms with E-state index in [1.165, 1.54) is 0 Å². The summed E-state index contributed by atoms with van der Waals surface area (Å²) in [6.07, 6.45) is 1.62. The average molecular weight is 287 g/mol. The molecular weight excluding hydrogens is 270 g/mol. The van der Waals surface area contributed by atoms with E-state index >= 15 is 0 Å². The number of carbonyl (C=O) groups excluding carboxylic acids is 1. The van der Waals surface area contributed by atoms with Gasteiger partial charge in [-0.1, -0.05) is 11.3 Å². The molecule has 110 valence electrons. The largest absolute Gasteiger partial charge is 0.384 e. The van der Waals surface area contributed by atoms with E-state index in [0.29, 0.717) is 25.4 Å². The first-order valence-corrected chi connectivity index (χ1v) is 6.78. The number of nitrogens with zero attached hydrogens (tertiary/aromatic N) is 5. The summed E-state index contributed by atoms with van der Waals surface area (Å²) in [6.45, 7) is 1.57. The maximum atomic E-state index is 12.5. The fourth-order valence-corrected chi connectivity index (χ4v) is 2.76. The molecule has 0 N–H and O–H groups in total. The zero-order chi connectivity index (χ0) is 14.8. The summed E-state index contributed by atoms with van der Waals surface area (Å²) < 4.78 is 7.04. The second-order valence-corrected chi connectivity index (χ2v) is 5.10. The Morgan fingerprint density at radius 3 is 3.05 bits per heavy atom. The van der Waals surface area contributed by atoms with Crippen LogP contribution in [0.1, 0.15) is 27.8 Å². The molecule has 3 rings (SSSR count). The van der Waals surface area contributed by atoms with Gasteiger partial charge in [-0.3, -0.25) is 14.5 Å². The van der Waals surface area contributed by atoms with Crippen molar-refractivity contribution in [1.29, 1.82) is 0 Å². The molecule has 0 aromatic carbocycles. The summed E-state index contributed by atoms with van der Waals surface area (Å²) in [4.78, 5) is 18.4. The summed E-state index contributed by atoms with van der Waals surface area (Å²) in [7, 11) is 3.52. The minimum Gasteiger partial charge on any atom is -0.384 e. The van der Waals surface area contributed by atoms with Crippen LogP contribution in [0.5, 0.6) is 0 Å². The van der Waals surface area contributed by atoms with Crippen LogP contribution in [0.25, 0.3) is 0 Å². The lowest BCUT2D eigenvalue weighted by molar-refractivity contribution is 0.0667. The number of methoxy groups -OCH3 is 1. The van der Waals surface area contributed by atoms with Crippen molar-refractivity contribution in [3.63, 3.8) is 0 Å². The molecule has 0 saturated carbocycles. The number of hydrogen-bond acceptors (Lipinski definition) is 5. The Hall–Kier alpha value is -2.28. The van der Waals surface area contributed by atoms with Crippen molar-refractivity contribution in [3.8, 4) is 0 Å². The van der Waals surface area contributed by atoms with E-state index in [-0.39, 0.29) is 11.8 Å². The molecule has 0 spiro atoms.